The molecule has 3 N–H and O–H groups in total. The summed E-state index contributed by atoms with van der Waals surface area (Å²) in [6.07, 6.45) is 2.76. The Morgan fingerprint density at radius 1 is 1.10 bits per heavy atom. The van der Waals surface area contributed by atoms with Crippen molar-refractivity contribution in [2.45, 2.75) is 36.7 Å². The van der Waals surface area contributed by atoms with Gasteiger partial charge in [-0.05, 0) is 55.9 Å². The van der Waals surface area contributed by atoms with Crippen LogP contribution in [0.25, 0.3) is 0 Å². The second kappa shape index (κ2) is 9.23. The summed E-state index contributed by atoms with van der Waals surface area (Å²) in [7, 11) is -4.28. The van der Waals surface area contributed by atoms with Gasteiger partial charge in [0.1, 0.15) is 5.69 Å². The zero-order chi connectivity index (χ0) is 21.7. The molecule has 1 aliphatic rings. The number of nitro groups is 1. The van der Waals surface area contributed by atoms with E-state index in [-0.39, 0.29) is 33.9 Å². The van der Waals surface area contributed by atoms with E-state index in [0.717, 1.165) is 18.9 Å². The Balaban J connectivity index is 1.75. The number of nitrogens with zero attached hydrogens (tertiary/aromatic N) is 1. The van der Waals surface area contributed by atoms with Gasteiger partial charge < -0.3 is 10.4 Å². The SMILES string of the molecule is O=C(NS(=O)(=O)c1ccc(NCC2CCC(O)CC2)c([N+](=O)[O-])c1)c1ccccc1. The summed E-state index contributed by atoms with van der Waals surface area (Å²) >= 11 is 0. The van der Waals surface area contributed by atoms with Crippen LogP contribution in [0, 0.1) is 16.0 Å². The van der Waals surface area contributed by atoms with Gasteiger partial charge in [-0.2, -0.15) is 0 Å². The Hall–Kier alpha value is -2.98. The molecule has 1 amide bonds. The van der Waals surface area contributed by atoms with Crippen LogP contribution in [0.3, 0.4) is 0 Å². The highest BCUT2D eigenvalue weighted by Gasteiger charge is 2.25. The summed E-state index contributed by atoms with van der Waals surface area (Å²) in [6.45, 7) is 0.490. The lowest BCUT2D eigenvalue weighted by Crippen LogP contribution is -2.30. The number of anilines is 1. The number of carbonyl (C=O) groups is 1. The summed E-state index contributed by atoms with van der Waals surface area (Å²) in [5.74, 6) is -0.540. The number of sulfonamides is 1. The van der Waals surface area contributed by atoms with Gasteiger partial charge in [-0.15, -0.1) is 0 Å². The number of amides is 1. The van der Waals surface area contributed by atoms with Gasteiger partial charge in [0.25, 0.3) is 21.6 Å². The zero-order valence-electron chi connectivity index (χ0n) is 16.2. The van der Waals surface area contributed by atoms with Crippen LogP contribution in [0.2, 0.25) is 0 Å². The lowest BCUT2D eigenvalue weighted by atomic mass is 9.87. The van der Waals surface area contributed by atoms with Crippen molar-refractivity contribution in [3.05, 3.63) is 64.2 Å². The highest BCUT2D eigenvalue weighted by Crippen LogP contribution is 2.30. The fourth-order valence-electron chi connectivity index (χ4n) is 3.41. The number of hydrogen-bond acceptors (Lipinski definition) is 7. The molecular formula is C20H23N3O6S. The molecule has 0 aromatic heterocycles. The minimum absolute atomic E-state index is 0.159. The van der Waals surface area contributed by atoms with Gasteiger partial charge in [-0.25, -0.2) is 13.1 Å². The molecule has 30 heavy (non-hydrogen) atoms. The molecule has 0 atom stereocenters. The summed E-state index contributed by atoms with van der Waals surface area (Å²) < 4.78 is 27.0. The summed E-state index contributed by atoms with van der Waals surface area (Å²) in [5.41, 5.74) is -0.0215. The van der Waals surface area contributed by atoms with Crippen LogP contribution in [-0.4, -0.2) is 37.0 Å². The predicted octanol–water partition coefficient (Wildman–Crippen LogP) is 2.68. The third-order valence-corrected chi connectivity index (χ3v) is 6.47. The summed E-state index contributed by atoms with van der Waals surface area (Å²) in [6, 6.07) is 11.3. The van der Waals surface area contributed by atoms with Gasteiger partial charge in [0.2, 0.25) is 0 Å². The molecule has 3 rings (SSSR count). The first-order chi connectivity index (χ1) is 14.3. The van der Waals surface area contributed by atoms with E-state index in [1.807, 2.05) is 4.72 Å². The molecule has 0 unspecified atom stereocenters. The van der Waals surface area contributed by atoms with Crippen LogP contribution in [0.15, 0.2) is 53.4 Å². The van der Waals surface area contributed by atoms with E-state index in [9.17, 15) is 28.4 Å². The molecule has 0 radical (unpaired) electrons. The number of aliphatic hydroxyl groups is 1. The Labute approximate surface area is 174 Å². The van der Waals surface area contributed by atoms with E-state index in [2.05, 4.69) is 5.32 Å². The van der Waals surface area contributed by atoms with Gasteiger partial charge in [0.05, 0.1) is 15.9 Å². The summed E-state index contributed by atoms with van der Waals surface area (Å²) in [5, 5.41) is 24.1. The lowest BCUT2D eigenvalue weighted by molar-refractivity contribution is -0.384. The predicted molar refractivity (Wildman–Crippen MR) is 111 cm³/mol. The van der Waals surface area contributed by atoms with E-state index in [1.54, 1.807) is 18.2 Å². The molecule has 2 aromatic carbocycles. The van der Waals surface area contributed by atoms with Crippen molar-refractivity contribution in [3.8, 4) is 0 Å². The number of nitro benzene ring substituents is 1. The maximum atomic E-state index is 12.5. The molecule has 9 nitrogen and oxygen atoms in total. The number of aliphatic hydroxyl groups excluding tert-OH is 1. The quantitative estimate of drug-likeness (QED) is 0.451. The van der Waals surface area contributed by atoms with Crippen LogP contribution in [0.1, 0.15) is 36.0 Å². The molecule has 0 bridgehead atoms. The Bertz CT molecular complexity index is 1020. The normalized spacial score (nSPS) is 19.1. The van der Waals surface area contributed by atoms with Gasteiger partial charge in [0.15, 0.2) is 0 Å². The van der Waals surface area contributed by atoms with Crippen molar-refractivity contribution >= 4 is 27.3 Å². The van der Waals surface area contributed by atoms with E-state index < -0.39 is 20.9 Å². The average Bonchev–Trinajstić information content (AvgIpc) is 2.73. The third-order valence-electron chi connectivity index (χ3n) is 5.14. The molecule has 2 aromatic rings. The Morgan fingerprint density at radius 3 is 2.40 bits per heavy atom. The van der Waals surface area contributed by atoms with E-state index in [4.69, 9.17) is 0 Å². The second-order valence-electron chi connectivity index (χ2n) is 7.29. The number of benzene rings is 2. The van der Waals surface area contributed by atoms with Crippen LogP contribution in [0.4, 0.5) is 11.4 Å². The van der Waals surface area contributed by atoms with Crippen molar-refractivity contribution in [1.29, 1.82) is 0 Å². The fourth-order valence-corrected chi connectivity index (χ4v) is 4.41. The van der Waals surface area contributed by atoms with Crippen molar-refractivity contribution in [2.75, 3.05) is 11.9 Å². The maximum Gasteiger partial charge on any atom is 0.293 e. The minimum atomic E-state index is -4.28. The number of carbonyl (C=O) groups excluding carboxylic acids is 1. The van der Waals surface area contributed by atoms with Crippen LogP contribution < -0.4 is 10.0 Å². The topological polar surface area (TPSA) is 139 Å². The second-order valence-corrected chi connectivity index (χ2v) is 8.97. The molecule has 1 saturated carbocycles. The largest absolute Gasteiger partial charge is 0.393 e. The van der Waals surface area contributed by atoms with Crippen molar-refractivity contribution < 1.29 is 23.2 Å². The summed E-state index contributed by atoms with van der Waals surface area (Å²) in [4.78, 5) is 22.6. The fraction of sp³-hybridized carbons (Fsp3) is 0.350. The minimum Gasteiger partial charge on any atom is -0.393 e. The smallest absolute Gasteiger partial charge is 0.293 e. The Morgan fingerprint density at radius 2 is 1.77 bits per heavy atom. The average molecular weight is 433 g/mol. The van der Waals surface area contributed by atoms with Crippen molar-refractivity contribution in [3.63, 3.8) is 0 Å². The first kappa shape index (κ1) is 21.7. The van der Waals surface area contributed by atoms with Gasteiger partial charge in [-0.1, -0.05) is 18.2 Å². The lowest BCUT2D eigenvalue weighted by Gasteiger charge is -2.25. The molecule has 1 aliphatic carbocycles. The standard InChI is InChI=1S/C20H23N3O6S/c24-16-8-6-14(7-9-16)13-21-18-11-10-17(12-19(18)23(26)27)30(28,29)22-20(25)15-4-2-1-3-5-15/h1-5,10-12,14,16,21,24H,6-9,13H2,(H,22,25). The molecule has 0 heterocycles. The number of hydrogen-bond donors (Lipinski definition) is 3. The van der Waals surface area contributed by atoms with Crippen molar-refractivity contribution in [2.24, 2.45) is 5.92 Å². The highest BCUT2D eigenvalue weighted by atomic mass is 32.2. The van der Waals surface area contributed by atoms with Gasteiger partial charge in [-0.3, -0.25) is 14.9 Å². The van der Waals surface area contributed by atoms with Crippen LogP contribution >= 0.6 is 0 Å². The highest BCUT2D eigenvalue weighted by molar-refractivity contribution is 7.90. The molecule has 10 heteroatoms. The first-order valence-electron chi connectivity index (χ1n) is 9.59. The number of rotatable bonds is 7. The third kappa shape index (κ3) is 5.33. The van der Waals surface area contributed by atoms with E-state index in [0.29, 0.717) is 19.4 Å². The van der Waals surface area contributed by atoms with Gasteiger partial charge in [0, 0.05) is 18.2 Å². The molecule has 1 fully saturated rings. The zero-order valence-corrected chi connectivity index (χ0v) is 17.0. The molecular weight excluding hydrogens is 410 g/mol. The van der Waals surface area contributed by atoms with Crippen molar-refractivity contribution in [1.82, 2.24) is 4.72 Å². The number of nitrogens with one attached hydrogen (secondary N) is 2. The van der Waals surface area contributed by atoms with E-state index in [1.165, 1.54) is 24.3 Å². The first-order valence-corrected chi connectivity index (χ1v) is 11.1. The maximum absolute atomic E-state index is 12.5. The van der Waals surface area contributed by atoms with Gasteiger partial charge >= 0.3 is 0 Å². The molecule has 0 aliphatic heterocycles. The van der Waals surface area contributed by atoms with E-state index >= 15 is 0 Å². The molecule has 0 spiro atoms. The van der Waals surface area contributed by atoms with Crippen LogP contribution in [0.5, 0.6) is 0 Å². The molecule has 0 saturated heterocycles. The monoisotopic (exact) mass is 433 g/mol. The molecule has 160 valence electrons. The Kier molecular flexibility index (Phi) is 6.68. The van der Waals surface area contributed by atoms with Crippen LogP contribution in [-0.2, 0) is 10.0 Å².